The number of rotatable bonds is 1. The van der Waals surface area contributed by atoms with Crippen molar-refractivity contribution < 1.29 is 9.46 Å². The summed E-state index contributed by atoms with van der Waals surface area (Å²) in [6, 6.07) is 8.18. The van der Waals surface area contributed by atoms with Crippen molar-refractivity contribution >= 4 is 5.84 Å². The molecule has 8 heteroatoms. The van der Waals surface area contributed by atoms with E-state index in [0.29, 0.717) is 20.6 Å². The van der Waals surface area contributed by atoms with E-state index >= 15 is 0 Å². The fraction of sp³-hybridized carbons (Fsp3) is 0. The van der Waals surface area contributed by atoms with Gasteiger partial charge in [-0.2, -0.15) is 19.8 Å². The van der Waals surface area contributed by atoms with Crippen LogP contribution < -0.4 is 21.0 Å². The Labute approximate surface area is 115 Å². The van der Waals surface area contributed by atoms with Crippen molar-refractivity contribution in [1.29, 1.82) is 5.26 Å². The van der Waals surface area contributed by atoms with Gasteiger partial charge >= 0.3 is 0 Å². The van der Waals surface area contributed by atoms with E-state index in [1.54, 1.807) is 18.2 Å². The van der Waals surface area contributed by atoms with E-state index in [-0.39, 0.29) is 5.84 Å². The summed E-state index contributed by atoms with van der Waals surface area (Å²) in [6.07, 6.45) is 5.21. The summed E-state index contributed by atoms with van der Waals surface area (Å²) in [5, 5.41) is 32.6. The van der Waals surface area contributed by atoms with Crippen LogP contribution in [0.15, 0.2) is 54.2 Å². The average Bonchev–Trinajstić information content (AvgIpc) is 2.47. The number of pyridine rings is 2. The van der Waals surface area contributed by atoms with Gasteiger partial charge < -0.3 is 22.0 Å². The monoisotopic (exact) mass is 272 g/mol. The Morgan fingerprint density at radius 1 is 1.15 bits per heavy atom. The van der Waals surface area contributed by atoms with Crippen LogP contribution in [0.25, 0.3) is 0 Å². The second kappa shape index (κ2) is 7.17. The first-order valence-corrected chi connectivity index (χ1v) is 5.38. The molecule has 0 spiro atoms. The highest BCUT2D eigenvalue weighted by atomic mass is 16.5. The molecule has 20 heavy (non-hydrogen) atoms. The van der Waals surface area contributed by atoms with Gasteiger partial charge in [-0.05, 0) is 12.1 Å². The SMILES string of the molecule is N#Cc1ccc[n+]([O-])c1.N/N=C(\N)c1ccc[n+]([O-])c1. The summed E-state index contributed by atoms with van der Waals surface area (Å²) in [6.45, 7) is 0. The van der Waals surface area contributed by atoms with Crippen LogP contribution in [-0.4, -0.2) is 5.84 Å². The quantitative estimate of drug-likeness (QED) is 0.172. The molecule has 0 aromatic carbocycles. The molecular formula is C12H12N6O2. The Morgan fingerprint density at radius 3 is 2.20 bits per heavy atom. The Balaban J connectivity index is 0.000000204. The zero-order valence-electron chi connectivity index (χ0n) is 10.4. The van der Waals surface area contributed by atoms with Crippen molar-refractivity contribution in [2.45, 2.75) is 0 Å². The van der Waals surface area contributed by atoms with Gasteiger partial charge in [-0.3, -0.25) is 0 Å². The molecule has 8 nitrogen and oxygen atoms in total. The van der Waals surface area contributed by atoms with E-state index in [1.165, 1.54) is 30.9 Å². The van der Waals surface area contributed by atoms with Crippen LogP contribution in [0.4, 0.5) is 0 Å². The fourth-order valence-electron chi connectivity index (χ4n) is 1.20. The van der Waals surface area contributed by atoms with Crippen LogP contribution in [0.3, 0.4) is 0 Å². The second-order valence-electron chi connectivity index (χ2n) is 3.53. The highest BCUT2D eigenvalue weighted by Crippen LogP contribution is 1.91. The maximum Gasteiger partial charge on any atom is 0.198 e. The number of hydrogen-bond acceptors (Lipinski definition) is 5. The average molecular weight is 272 g/mol. The number of hydrogen-bond donors (Lipinski definition) is 2. The molecule has 0 saturated carbocycles. The zero-order valence-corrected chi connectivity index (χ0v) is 10.4. The molecule has 0 aliphatic carbocycles. The number of nitriles is 1. The molecule has 0 saturated heterocycles. The van der Waals surface area contributed by atoms with E-state index < -0.39 is 0 Å². The van der Waals surface area contributed by atoms with Crippen LogP contribution in [0.1, 0.15) is 11.1 Å². The van der Waals surface area contributed by atoms with Gasteiger partial charge in [0.25, 0.3) is 0 Å². The van der Waals surface area contributed by atoms with E-state index in [1.807, 2.05) is 6.07 Å². The number of aromatic nitrogens is 2. The van der Waals surface area contributed by atoms with Gasteiger partial charge in [0, 0.05) is 12.1 Å². The van der Waals surface area contributed by atoms with Crippen molar-refractivity contribution in [3.05, 3.63) is 70.6 Å². The highest BCUT2D eigenvalue weighted by Gasteiger charge is 2.00. The highest BCUT2D eigenvalue weighted by molar-refractivity contribution is 5.96. The fourth-order valence-corrected chi connectivity index (χ4v) is 1.20. The lowest BCUT2D eigenvalue weighted by Crippen LogP contribution is -2.28. The normalized spacial score (nSPS) is 10.1. The minimum atomic E-state index is 0.148. The molecule has 0 fully saturated rings. The van der Waals surface area contributed by atoms with Crippen molar-refractivity contribution in [1.82, 2.24) is 0 Å². The number of nitrogens with two attached hydrogens (primary N) is 2. The topological polar surface area (TPSA) is 142 Å². The van der Waals surface area contributed by atoms with Crippen LogP contribution in [-0.2, 0) is 0 Å². The van der Waals surface area contributed by atoms with Crippen LogP contribution in [0.2, 0.25) is 0 Å². The summed E-state index contributed by atoms with van der Waals surface area (Å²) in [5.74, 6) is 5.05. The van der Waals surface area contributed by atoms with Crippen molar-refractivity contribution in [3.63, 3.8) is 0 Å². The minimum Gasteiger partial charge on any atom is -0.619 e. The molecule has 102 valence electrons. The van der Waals surface area contributed by atoms with Crippen LogP contribution in [0.5, 0.6) is 0 Å². The lowest BCUT2D eigenvalue weighted by Gasteiger charge is -1.98. The molecule has 0 radical (unpaired) electrons. The maximum absolute atomic E-state index is 10.7. The molecule has 4 N–H and O–H groups in total. The molecule has 2 aromatic rings. The molecule has 0 bridgehead atoms. The van der Waals surface area contributed by atoms with Gasteiger partial charge in [0.05, 0.1) is 5.56 Å². The Morgan fingerprint density at radius 2 is 1.75 bits per heavy atom. The smallest absolute Gasteiger partial charge is 0.198 e. The van der Waals surface area contributed by atoms with Gasteiger partial charge in [0.2, 0.25) is 0 Å². The number of hydrazone groups is 1. The molecule has 0 aliphatic rings. The first kappa shape index (κ1) is 14.7. The van der Waals surface area contributed by atoms with Crippen LogP contribution in [0, 0.1) is 21.7 Å². The number of amidine groups is 1. The summed E-state index contributed by atoms with van der Waals surface area (Å²) in [7, 11) is 0. The van der Waals surface area contributed by atoms with Gasteiger partial charge in [-0.1, -0.05) is 0 Å². The van der Waals surface area contributed by atoms with E-state index in [2.05, 4.69) is 5.10 Å². The third-order valence-electron chi connectivity index (χ3n) is 2.11. The summed E-state index contributed by atoms with van der Waals surface area (Å²) in [5.41, 5.74) is 6.24. The van der Waals surface area contributed by atoms with E-state index in [9.17, 15) is 10.4 Å². The largest absolute Gasteiger partial charge is 0.619 e. The zero-order chi connectivity index (χ0) is 15.0. The van der Waals surface area contributed by atoms with Crippen molar-refractivity contribution in [3.8, 4) is 6.07 Å². The maximum atomic E-state index is 10.7. The molecular weight excluding hydrogens is 260 g/mol. The van der Waals surface area contributed by atoms with Gasteiger partial charge in [0.1, 0.15) is 11.6 Å². The first-order chi connectivity index (χ1) is 9.56. The van der Waals surface area contributed by atoms with Crippen molar-refractivity contribution in [2.75, 3.05) is 0 Å². The third kappa shape index (κ3) is 4.50. The van der Waals surface area contributed by atoms with E-state index in [0.717, 1.165) is 0 Å². The molecule has 0 unspecified atom stereocenters. The molecule has 0 amide bonds. The van der Waals surface area contributed by atoms with Crippen molar-refractivity contribution in [2.24, 2.45) is 16.7 Å². The van der Waals surface area contributed by atoms with Gasteiger partial charge in [0.15, 0.2) is 30.6 Å². The standard InChI is InChI=1S/C6H8N4O.C6H4N2O/c7-6(9-8)5-2-1-3-10(11)4-5;7-4-6-2-1-3-8(9)5-6/h1-4H,8H2,(H2,7,9);1-3,5H. The molecule has 2 rings (SSSR count). The molecule has 2 aromatic heterocycles. The molecule has 0 atom stereocenters. The van der Waals surface area contributed by atoms with Gasteiger partial charge in [-0.15, -0.1) is 0 Å². The predicted molar refractivity (Wildman–Crippen MR) is 70.4 cm³/mol. The Kier molecular flexibility index (Phi) is 5.28. The summed E-state index contributed by atoms with van der Waals surface area (Å²) in [4.78, 5) is 0. The molecule has 2 heterocycles. The Hall–Kier alpha value is -3.34. The third-order valence-corrected chi connectivity index (χ3v) is 2.11. The summed E-state index contributed by atoms with van der Waals surface area (Å²) < 4.78 is 1.23. The lowest BCUT2D eigenvalue weighted by molar-refractivity contribution is -0.605. The first-order valence-electron chi connectivity index (χ1n) is 5.38. The minimum absolute atomic E-state index is 0.148. The van der Waals surface area contributed by atoms with E-state index in [4.69, 9.17) is 16.8 Å². The lowest BCUT2D eigenvalue weighted by atomic mass is 10.3. The van der Waals surface area contributed by atoms with Gasteiger partial charge in [-0.25, -0.2) is 0 Å². The number of nitrogens with zero attached hydrogens (tertiary/aromatic N) is 4. The predicted octanol–water partition coefficient (Wildman–Crippen LogP) is -0.909. The van der Waals surface area contributed by atoms with Crippen LogP contribution >= 0.6 is 0 Å². The second-order valence-corrected chi connectivity index (χ2v) is 3.53. The summed E-state index contributed by atoms with van der Waals surface area (Å²) >= 11 is 0. The Bertz CT molecular complexity index is 650. The molecule has 0 aliphatic heterocycles.